The Hall–Kier alpha value is -0.970. The predicted molar refractivity (Wildman–Crippen MR) is 77.1 cm³/mol. The first-order chi connectivity index (χ1) is 8.31. The standard InChI is InChI=1S/C8H15N5O3S2.ClH/c1-3-4-5(9)6(14)10-7-11-12-8(17-7)13-18(2,15)16;/h5H,3-4,9H2,1-2H3,(H,12,13)(H,10,11,14);1H. The predicted octanol–water partition coefficient (Wildman–Crippen LogP) is 0.397. The van der Waals surface area contributed by atoms with Crippen molar-refractivity contribution in [1.82, 2.24) is 10.2 Å². The number of anilines is 2. The molecule has 1 atom stereocenters. The van der Waals surface area contributed by atoms with Gasteiger partial charge in [0.1, 0.15) is 0 Å². The number of hydrogen-bond donors (Lipinski definition) is 3. The van der Waals surface area contributed by atoms with Gasteiger partial charge in [0.25, 0.3) is 0 Å². The topological polar surface area (TPSA) is 127 Å². The van der Waals surface area contributed by atoms with E-state index in [4.69, 9.17) is 5.73 Å². The highest BCUT2D eigenvalue weighted by Gasteiger charge is 2.15. The minimum Gasteiger partial charge on any atom is -0.320 e. The average molecular weight is 330 g/mol. The SMILES string of the molecule is CCCC(N)C(=O)Nc1nnc(NS(C)(=O)=O)s1.Cl. The second kappa shape index (κ2) is 7.58. The smallest absolute Gasteiger partial charge is 0.243 e. The summed E-state index contributed by atoms with van der Waals surface area (Å²) < 4.78 is 24.1. The fourth-order valence-corrected chi connectivity index (χ4v) is 2.59. The van der Waals surface area contributed by atoms with E-state index < -0.39 is 16.1 Å². The van der Waals surface area contributed by atoms with E-state index in [9.17, 15) is 13.2 Å². The molecule has 0 aliphatic carbocycles. The molecule has 0 bridgehead atoms. The van der Waals surface area contributed by atoms with Gasteiger partial charge in [-0.15, -0.1) is 22.6 Å². The van der Waals surface area contributed by atoms with E-state index in [1.807, 2.05) is 6.92 Å². The molecule has 0 aliphatic rings. The van der Waals surface area contributed by atoms with Gasteiger partial charge >= 0.3 is 0 Å². The Bertz CT molecular complexity index is 518. The van der Waals surface area contributed by atoms with Crippen molar-refractivity contribution in [2.24, 2.45) is 5.73 Å². The second-order valence-electron chi connectivity index (χ2n) is 3.67. The Kier molecular flexibility index (Phi) is 7.19. The van der Waals surface area contributed by atoms with Crippen LogP contribution in [0.3, 0.4) is 0 Å². The molecule has 1 heterocycles. The number of halogens is 1. The quantitative estimate of drug-likeness (QED) is 0.693. The van der Waals surface area contributed by atoms with Crippen LogP contribution in [-0.4, -0.2) is 36.8 Å². The van der Waals surface area contributed by atoms with Crippen LogP contribution in [0.1, 0.15) is 19.8 Å². The first kappa shape index (κ1) is 18.0. The van der Waals surface area contributed by atoms with E-state index >= 15 is 0 Å². The molecule has 0 spiro atoms. The van der Waals surface area contributed by atoms with Crippen LogP contribution < -0.4 is 15.8 Å². The summed E-state index contributed by atoms with van der Waals surface area (Å²) in [6, 6.07) is -0.606. The summed E-state index contributed by atoms with van der Waals surface area (Å²) in [6.07, 6.45) is 2.37. The third-order valence-electron chi connectivity index (χ3n) is 1.86. The number of carbonyl (C=O) groups is 1. The van der Waals surface area contributed by atoms with Gasteiger partial charge in [0.15, 0.2) is 0 Å². The fraction of sp³-hybridized carbons (Fsp3) is 0.625. The van der Waals surface area contributed by atoms with Crippen LogP contribution in [0.2, 0.25) is 0 Å². The number of amides is 1. The summed E-state index contributed by atoms with van der Waals surface area (Å²) in [5, 5.41) is 10.00. The lowest BCUT2D eigenvalue weighted by atomic mass is 10.2. The normalized spacial score (nSPS) is 12.4. The molecule has 19 heavy (non-hydrogen) atoms. The van der Waals surface area contributed by atoms with Gasteiger partial charge in [0.2, 0.25) is 26.2 Å². The molecule has 4 N–H and O–H groups in total. The van der Waals surface area contributed by atoms with E-state index in [-0.39, 0.29) is 28.6 Å². The Morgan fingerprint density at radius 2 is 2.00 bits per heavy atom. The van der Waals surface area contributed by atoms with Crippen LogP contribution in [0, 0.1) is 0 Å². The van der Waals surface area contributed by atoms with Crippen molar-refractivity contribution in [3.05, 3.63) is 0 Å². The third kappa shape index (κ3) is 6.66. The van der Waals surface area contributed by atoms with Gasteiger partial charge in [-0.3, -0.25) is 14.8 Å². The van der Waals surface area contributed by atoms with Crippen LogP contribution in [0.25, 0.3) is 0 Å². The van der Waals surface area contributed by atoms with Gasteiger partial charge in [0, 0.05) is 0 Å². The Morgan fingerprint density at radius 3 is 2.53 bits per heavy atom. The lowest BCUT2D eigenvalue weighted by Gasteiger charge is -2.08. The maximum Gasteiger partial charge on any atom is 0.243 e. The molecule has 1 unspecified atom stereocenters. The van der Waals surface area contributed by atoms with Crippen LogP contribution in [-0.2, 0) is 14.8 Å². The molecule has 0 radical (unpaired) electrons. The van der Waals surface area contributed by atoms with Crippen molar-refractivity contribution >= 4 is 49.9 Å². The summed E-state index contributed by atoms with van der Waals surface area (Å²) in [6.45, 7) is 1.92. The highest BCUT2D eigenvalue weighted by Crippen LogP contribution is 2.20. The molecule has 11 heteroatoms. The number of nitrogens with two attached hydrogens (primary N) is 1. The molecule has 1 amide bonds. The second-order valence-corrected chi connectivity index (χ2v) is 6.40. The largest absolute Gasteiger partial charge is 0.320 e. The molecule has 0 aliphatic heterocycles. The number of nitrogens with zero attached hydrogens (tertiary/aromatic N) is 2. The molecule has 0 aromatic carbocycles. The zero-order valence-electron chi connectivity index (χ0n) is 10.4. The number of sulfonamides is 1. The zero-order chi connectivity index (χ0) is 13.8. The highest BCUT2D eigenvalue weighted by molar-refractivity contribution is 7.92. The monoisotopic (exact) mass is 329 g/mol. The molecule has 110 valence electrons. The summed E-state index contributed by atoms with van der Waals surface area (Å²) in [5.41, 5.74) is 5.62. The van der Waals surface area contributed by atoms with Crippen LogP contribution >= 0.6 is 23.7 Å². The van der Waals surface area contributed by atoms with E-state index in [0.29, 0.717) is 6.42 Å². The van der Waals surface area contributed by atoms with Gasteiger partial charge in [-0.1, -0.05) is 24.7 Å². The van der Waals surface area contributed by atoms with Crippen molar-refractivity contribution in [2.45, 2.75) is 25.8 Å². The molecule has 8 nitrogen and oxygen atoms in total. The lowest BCUT2D eigenvalue weighted by Crippen LogP contribution is -2.35. The molecule has 1 aromatic rings. The summed E-state index contributed by atoms with van der Waals surface area (Å²) in [7, 11) is -3.40. The number of nitrogens with one attached hydrogen (secondary N) is 2. The number of rotatable bonds is 6. The number of hydrogen-bond acceptors (Lipinski definition) is 7. The molecule has 0 saturated heterocycles. The summed E-state index contributed by atoms with van der Waals surface area (Å²) >= 11 is 0.924. The van der Waals surface area contributed by atoms with Gasteiger partial charge in [-0.05, 0) is 6.42 Å². The molecule has 1 rings (SSSR count). The zero-order valence-corrected chi connectivity index (χ0v) is 12.9. The van der Waals surface area contributed by atoms with Crippen molar-refractivity contribution in [3.63, 3.8) is 0 Å². The van der Waals surface area contributed by atoms with E-state index in [2.05, 4.69) is 20.2 Å². The van der Waals surface area contributed by atoms with Crippen LogP contribution in [0.5, 0.6) is 0 Å². The maximum absolute atomic E-state index is 11.6. The first-order valence-corrected chi connectivity index (χ1v) is 7.90. The van der Waals surface area contributed by atoms with E-state index in [0.717, 1.165) is 24.0 Å². The van der Waals surface area contributed by atoms with Crippen molar-refractivity contribution in [1.29, 1.82) is 0 Å². The fourth-order valence-electron chi connectivity index (χ4n) is 1.11. The van der Waals surface area contributed by atoms with Crippen molar-refractivity contribution in [2.75, 3.05) is 16.3 Å². The summed E-state index contributed by atoms with van der Waals surface area (Å²) in [4.78, 5) is 11.6. The minimum atomic E-state index is -3.40. The molecule has 0 saturated carbocycles. The van der Waals surface area contributed by atoms with Crippen molar-refractivity contribution in [3.8, 4) is 0 Å². The minimum absolute atomic E-state index is 0. The molecular formula is C8H16ClN5O3S2. The van der Waals surface area contributed by atoms with Gasteiger partial charge < -0.3 is 5.73 Å². The van der Waals surface area contributed by atoms with Gasteiger partial charge in [0.05, 0.1) is 12.3 Å². The Balaban J connectivity index is 0.00000324. The Morgan fingerprint density at radius 1 is 1.42 bits per heavy atom. The molecular weight excluding hydrogens is 314 g/mol. The summed E-state index contributed by atoms with van der Waals surface area (Å²) in [5.74, 6) is -0.362. The third-order valence-corrected chi connectivity index (χ3v) is 3.31. The maximum atomic E-state index is 11.6. The van der Waals surface area contributed by atoms with Gasteiger partial charge in [-0.2, -0.15) is 0 Å². The average Bonchev–Trinajstić information content (AvgIpc) is 2.63. The van der Waals surface area contributed by atoms with Crippen LogP contribution in [0.15, 0.2) is 0 Å². The lowest BCUT2D eigenvalue weighted by molar-refractivity contribution is -0.117. The molecule has 0 fully saturated rings. The van der Waals surface area contributed by atoms with Gasteiger partial charge in [-0.25, -0.2) is 8.42 Å². The molecule has 1 aromatic heterocycles. The Labute approximate surface area is 121 Å². The van der Waals surface area contributed by atoms with Crippen LogP contribution in [0.4, 0.5) is 10.3 Å². The van der Waals surface area contributed by atoms with Crippen molar-refractivity contribution < 1.29 is 13.2 Å². The van der Waals surface area contributed by atoms with E-state index in [1.54, 1.807) is 0 Å². The number of carbonyl (C=O) groups excluding carboxylic acids is 1. The van der Waals surface area contributed by atoms with E-state index in [1.165, 1.54) is 0 Å². The number of aromatic nitrogens is 2. The first-order valence-electron chi connectivity index (χ1n) is 5.19. The highest BCUT2D eigenvalue weighted by atomic mass is 35.5.